The lowest BCUT2D eigenvalue weighted by atomic mass is 10.7. The summed E-state index contributed by atoms with van der Waals surface area (Å²) in [5, 5.41) is 0. The van der Waals surface area contributed by atoms with Gasteiger partial charge in [-0.25, -0.2) is 4.79 Å². The minimum absolute atomic E-state index is 0.861. The van der Waals surface area contributed by atoms with E-state index >= 15 is 0 Å². The molecule has 0 saturated carbocycles. The summed E-state index contributed by atoms with van der Waals surface area (Å²) in [5.41, 5.74) is 0. The maximum absolute atomic E-state index is 11.6. The number of halogens is 1. The molecule has 0 atom stereocenters. The average Bonchev–Trinajstić information content (AvgIpc) is 2.12. The highest BCUT2D eigenvalue weighted by molar-refractivity contribution is 5.68. The van der Waals surface area contributed by atoms with Gasteiger partial charge in [-0.1, -0.05) is 0 Å². The third-order valence-corrected chi connectivity index (χ3v) is 0.807. The molecule has 0 bridgehead atoms. The van der Waals surface area contributed by atoms with E-state index in [1.54, 1.807) is 12.1 Å². The molecule has 0 fully saturated rings. The van der Waals surface area contributed by atoms with E-state index in [1.165, 1.54) is 12.4 Å². The van der Waals surface area contributed by atoms with E-state index in [4.69, 9.17) is 0 Å². The van der Waals surface area contributed by atoms with Crippen LogP contribution in [0.25, 0.3) is 0 Å². The standard InChI is InChI=1S/C5H4FNO/c6-5(8)7-3-1-2-4-7/h1-4H. The fourth-order valence-corrected chi connectivity index (χ4v) is 0.452. The molecule has 1 rings (SSSR count). The van der Waals surface area contributed by atoms with Gasteiger partial charge in [0, 0.05) is 12.4 Å². The van der Waals surface area contributed by atoms with E-state index in [0.29, 0.717) is 0 Å². The Kier molecular flexibility index (Phi) is 1.12. The maximum atomic E-state index is 11.6. The Balaban J connectivity index is 2.93. The van der Waals surface area contributed by atoms with Crippen molar-refractivity contribution in [2.45, 2.75) is 0 Å². The molecule has 0 aromatic carbocycles. The van der Waals surface area contributed by atoms with Crippen molar-refractivity contribution < 1.29 is 9.18 Å². The molecule has 8 heavy (non-hydrogen) atoms. The Morgan fingerprint density at radius 3 is 2.12 bits per heavy atom. The van der Waals surface area contributed by atoms with Crippen molar-refractivity contribution in [1.29, 1.82) is 0 Å². The van der Waals surface area contributed by atoms with E-state index in [9.17, 15) is 9.18 Å². The van der Waals surface area contributed by atoms with E-state index < -0.39 is 6.16 Å². The predicted molar refractivity (Wildman–Crippen MR) is 26.3 cm³/mol. The zero-order valence-electron chi connectivity index (χ0n) is 4.04. The van der Waals surface area contributed by atoms with Crippen molar-refractivity contribution in [3.63, 3.8) is 0 Å². The Bertz CT molecular complexity index is 180. The highest BCUT2D eigenvalue weighted by Crippen LogP contribution is 1.89. The molecule has 0 amide bonds. The highest BCUT2D eigenvalue weighted by Gasteiger charge is 1.94. The number of nitrogens with zero attached hydrogens (tertiary/aromatic N) is 1. The van der Waals surface area contributed by atoms with Gasteiger partial charge in [-0.05, 0) is 12.1 Å². The lowest BCUT2D eigenvalue weighted by molar-refractivity contribution is 0.223. The van der Waals surface area contributed by atoms with Crippen LogP contribution in [-0.2, 0) is 0 Å². The second kappa shape index (κ2) is 1.78. The second-order valence-corrected chi connectivity index (χ2v) is 1.34. The Labute approximate surface area is 45.5 Å². The topological polar surface area (TPSA) is 22.0 Å². The summed E-state index contributed by atoms with van der Waals surface area (Å²) in [5.74, 6) is 0. The molecule has 1 aromatic heterocycles. The number of carbonyl (C=O) groups excluding carboxylic acids is 1. The molecule has 0 aliphatic heterocycles. The normalized spacial score (nSPS) is 9.12. The quantitative estimate of drug-likeness (QED) is 0.466. The summed E-state index contributed by atoms with van der Waals surface area (Å²) in [7, 11) is 0. The van der Waals surface area contributed by atoms with Gasteiger partial charge in [0.25, 0.3) is 0 Å². The van der Waals surface area contributed by atoms with E-state index in [1.807, 2.05) is 0 Å². The van der Waals surface area contributed by atoms with Gasteiger partial charge in [-0.3, -0.25) is 4.57 Å². The third kappa shape index (κ3) is 0.753. The van der Waals surface area contributed by atoms with Crippen LogP contribution < -0.4 is 0 Å². The molecule has 2 nitrogen and oxygen atoms in total. The van der Waals surface area contributed by atoms with Crippen LogP contribution in [0.5, 0.6) is 0 Å². The molecular formula is C5H4FNO. The molecule has 0 N–H and O–H groups in total. The number of rotatable bonds is 0. The fourth-order valence-electron chi connectivity index (χ4n) is 0.452. The number of hydrogen-bond acceptors (Lipinski definition) is 1. The van der Waals surface area contributed by atoms with Crippen LogP contribution in [0.15, 0.2) is 24.5 Å². The lowest BCUT2D eigenvalue weighted by Gasteiger charge is -1.84. The van der Waals surface area contributed by atoms with Crippen LogP contribution in [0.2, 0.25) is 0 Å². The van der Waals surface area contributed by atoms with Crippen molar-refractivity contribution in [3.8, 4) is 0 Å². The van der Waals surface area contributed by atoms with E-state index in [-0.39, 0.29) is 0 Å². The lowest BCUT2D eigenvalue weighted by Crippen LogP contribution is -1.97. The van der Waals surface area contributed by atoms with Crippen molar-refractivity contribution in [3.05, 3.63) is 24.5 Å². The van der Waals surface area contributed by atoms with Gasteiger partial charge in [0.05, 0.1) is 0 Å². The third-order valence-electron chi connectivity index (χ3n) is 0.807. The first-order valence-electron chi connectivity index (χ1n) is 2.13. The molecule has 0 aliphatic rings. The zero-order chi connectivity index (χ0) is 5.98. The molecule has 0 aliphatic carbocycles. The van der Waals surface area contributed by atoms with Gasteiger partial charge in [-0.15, -0.1) is 4.39 Å². The average molecular weight is 113 g/mol. The minimum Gasteiger partial charge on any atom is -0.267 e. The van der Waals surface area contributed by atoms with Crippen LogP contribution in [0, 0.1) is 0 Å². The van der Waals surface area contributed by atoms with E-state index in [2.05, 4.69) is 0 Å². The second-order valence-electron chi connectivity index (χ2n) is 1.34. The molecule has 42 valence electrons. The molecule has 1 aromatic rings. The maximum Gasteiger partial charge on any atom is 0.408 e. The zero-order valence-corrected chi connectivity index (χ0v) is 4.04. The number of hydrogen-bond donors (Lipinski definition) is 0. The number of carbonyl (C=O) groups is 1. The van der Waals surface area contributed by atoms with Gasteiger partial charge in [0.1, 0.15) is 0 Å². The van der Waals surface area contributed by atoms with Gasteiger partial charge in [-0.2, -0.15) is 0 Å². The first kappa shape index (κ1) is 5.03. The smallest absolute Gasteiger partial charge is 0.267 e. The van der Waals surface area contributed by atoms with Crippen LogP contribution in [0.1, 0.15) is 0 Å². The summed E-state index contributed by atoms with van der Waals surface area (Å²) in [4.78, 5) is 9.80. The first-order chi connectivity index (χ1) is 3.80. The molecule has 0 spiro atoms. The van der Waals surface area contributed by atoms with Gasteiger partial charge < -0.3 is 0 Å². The summed E-state index contributed by atoms with van der Waals surface area (Å²) in [6.07, 6.45) is 1.25. The minimum atomic E-state index is -1.45. The number of aromatic nitrogens is 1. The Hall–Kier alpha value is -1.12. The van der Waals surface area contributed by atoms with Crippen LogP contribution in [-0.4, -0.2) is 10.7 Å². The summed E-state index contributed by atoms with van der Waals surface area (Å²) >= 11 is 0. The highest BCUT2D eigenvalue weighted by atomic mass is 19.1. The van der Waals surface area contributed by atoms with Crippen LogP contribution in [0.3, 0.4) is 0 Å². The van der Waals surface area contributed by atoms with Crippen LogP contribution in [0.4, 0.5) is 9.18 Å². The predicted octanol–water partition coefficient (Wildman–Crippen LogP) is 1.43. The molecule has 0 radical (unpaired) electrons. The summed E-state index contributed by atoms with van der Waals surface area (Å²) in [6.45, 7) is 0. The van der Waals surface area contributed by atoms with Crippen LogP contribution >= 0.6 is 0 Å². The van der Waals surface area contributed by atoms with Crippen molar-refractivity contribution >= 4 is 6.16 Å². The Morgan fingerprint density at radius 1 is 1.38 bits per heavy atom. The molecule has 1 heterocycles. The van der Waals surface area contributed by atoms with Crippen molar-refractivity contribution in [1.82, 2.24) is 4.57 Å². The van der Waals surface area contributed by atoms with Crippen molar-refractivity contribution in [2.24, 2.45) is 0 Å². The summed E-state index contributed by atoms with van der Waals surface area (Å²) in [6, 6.07) is 3.16. The largest absolute Gasteiger partial charge is 0.408 e. The fraction of sp³-hybridized carbons (Fsp3) is 0. The van der Waals surface area contributed by atoms with Gasteiger partial charge in [0.2, 0.25) is 0 Å². The molecular weight excluding hydrogens is 109 g/mol. The molecule has 0 unspecified atom stereocenters. The van der Waals surface area contributed by atoms with Gasteiger partial charge >= 0.3 is 6.16 Å². The molecule has 3 heteroatoms. The van der Waals surface area contributed by atoms with Crippen molar-refractivity contribution in [2.75, 3.05) is 0 Å². The first-order valence-corrected chi connectivity index (χ1v) is 2.13. The monoisotopic (exact) mass is 113 g/mol. The Morgan fingerprint density at radius 2 is 1.88 bits per heavy atom. The molecule has 0 saturated heterocycles. The SMILES string of the molecule is O=C(F)n1cccc1. The van der Waals surface area contributed by atoms with E-state index in [0.717, 1.165) is 4.57 Å². The summed E-state index contributed by atoms with van der Waals surface area (Å²) < 4.78 is 12.5. The van der Waals surface area contributed by atoms with Gasteiger partial charge in [0.15, 0.2) is 0 Å².